The van der Waals surface area contributed by atoms with E-state index in [0.29, 0.717) is 0 Å². The molecule has 4 heteroatoms. The van der Waals surface area contributed by atoms with E-state index in [2.05, 4.69) is 61.9 Å². The second-order valence-electron chi connectivity index (χ2n) is 20.4. The fraction of sp³-hybridized carbons (Fsp3) is 0.818. The molecule has 2 heterocycles. The van der Waals surface area contributed by atoms with Crippen molar-refractivity contribution in [1.82, 2.24) is 9.97 Å². The Balaban J connectivity index is 0.000000224. The molecule has 0 saturated heterocycles. The second kappa shape index (κ2) is 28.5. The zero-order valence-electron chi connectivity index (χ0n) is 39.1. The summed E-state index contributed by atoms with van der Waals surface area (Å²) < 4.78 is 11.3. The first-order valence-corrected chi connectivity index (χ1v) is 26.2. The maximum absolute atomic E-state index is 5.64. The van der Waals surface area contributed by atoms with Gasteiger partial charge in [0.1, 0.15) is 11.5 Å². The number of hydrogen-bond acceptors (Lipinski definition) is 4. The van der Waals surface area contributed by atoms with Crippen LogP contribution in [0.15, 0.2) is 36.7 Å². The quantitative estimate of drug-likeness (QED) is 0.112. The zero-order valence-corrected chi connectivity index (χ0v) is 39.1. The fourth-order valence-corrected chi connectivity index (χ4v) is 11.5. The maximum Gasteiger partial charge on any atom is 0.137 e. The Bertz CT molecular complexity index is 1300. The van der Waals surface area contributed by atoms with Crippen molar-refractivity contribution < 1.29 is 9.47 Å². The van der Waals surface area contributed by atoms with Gasteiger partial charge >= 0.3 is 0 Å². The standard InChI is InChI=1S/C28H47NO.C27H45NO/c1-3-5-6-23-7-9-24(10-8-23)11-12-25-13-15-26(16-14-25)17-18-27-19-20-28(22-29-27)30-21-4-2;1-3-5-22-6-8-23(9-7-22)10-11-24-12-14-25(15-13-24)16-17-26-18-19-27(21-28-26)29-20-4-2/h19-20,22-26H,3-18,21H2,1-2H3;18-19,21-25H,3-17,20H2,1-2H3. The van der Waals surface area contributed by atoms with Crippen molar-refractivity contribution in [2.24, 2.45) is 47.3 Å². The summed E-state index contributed by atoms with van der Waals surface area (Å²) in [5, 5.41) is 0. The molecule has 0 spiro atoms. The topological polar surface area (TPSA) is 44.2 Å². The lowest BCUT2D eigenvalue weighted by Crippen LogP contribution is -2.18. The Morgan fingerprint density at radius 2 is 0.695 bits per heavy atom. The second-order valence-corrected chi connectivity index (χ2v) is 20.4. The van der Waals surface area contributed by atoms with E-state index in [1.807, 2.05) is 12.4 Å². The van der Waals surface area contributed by atoms with Crippen molar-refractivity contribution >= 4 is 0 Å². The molecule has 0 amide bonds. The molecule has 4 nitrogen and oxygen atoms in total. The molecule has 0 aromatic carbocycles. The predicted octanol–water partition coefficient (Wildman–Crippen LogP) is 16.4. The van der Waals surface area contributed by atoms with Crippen LogP contribution in [0.5, 0.6) is 11.5 Å². The van der Waals surface area contributed by atoms with Crippen LogP contribution < -0.4 is 9.47 Å². The lowest BCUT2D eigenvalue weighted by Gasteiger charge is -2.32. The third kappa shape index (κ3) is 18.8. The molecule has 4 aliphatic carbocycles. The van der Waals surface area contributed by atoms with Gasteiger partial charge in [-0.2, -0.15) is 0 Å². The largest absolute Gasteiger partial charge is 0.492 e. The van der Waals surface area contributed by atoms with Gasteiger partial charge in [-0.15, -0.1) is 0 Å². The summed E-state index contributed by atoms with van der Waals surface area (Å²) in [6, 6.07) is 8.50. The molecule has 0 unspecified atom stereocenters. The fourth-order valence-electron chi connectivity index (χ4n) is 11.5. The van der Waals surface area contributed by atoms with Gasteiger partial charge in [-0.25, -0.2) is 0 Å². The predicted molar refractivity (Wildman–Crippen MR) is 251 cm³/mol. The molecule has 2 aromatic rings. The molecule has 59 heavy (non-hydrogen) atoms. The highest BCUT2D eigenvalue weighted by molar-refractivity contribution is 5.20. The third-order valence-corrected chi connectivity index (χ3v) is 15.7. The molecule has 6 rings (SSSR count). The van der Waals surface area contributed by atoms with Gasteiger partial charge < -0.3 is 9.47 Å². The SMILES string of the molecule is CCCCC1CCC(CCC2CCC(CCc3ccc(OCCC)cn3)CC2)CC1.CCCOc1ccc(CCC2CCC(CCC3CCC(CCC)CC3)CC2)nc1. The van der Waals surface area contributed by atoms with Gasteiger partial charge in [0.15, 0.2) is 0 Å². The molecule has 4 saturated carbocycles. The van der Waals surface area contributed by atoms with E-state index < -0.39 is 0 Å². The van der Waals surface area contributed by atoms with E-state index in [9.17, 15) is 0 Å². The van der Waals surface area contributed by atoms with E-state index >= 15 is 0 Å². The average molecular weight is 813 g/mol. The molecular formula is C55H92N2O2. The summed E-state index contributed by atoms with van der Waals surface area (Å²) in [4.78, 5) is 9.21. The Kier molecular flexibility index (Phi) is 23.2. The van der Waals surface area contributed by atoms with Crippen molar-refractivity contribution in [2.75, 3.05) is 13.2 Å². The molecular weight excluding hydrogens is 721 g/mol. The minimum atomic E-state index is 0.782. The molecule has 0 aliphatic heterocycles. The number of aromatic nitrogens is 2. The first-order valence-electron chi connectivity index (χ1n) is 26.2. The van der Waals surface area contributed by atoms with Crippen LogP contribution in [0.3, 0.4) is 0 Å². The molecule has 2 aromatic heterocycles. The van der Waals surface area contributed by atoms with Gasteiger partial charge in [-0.05, 0) is 110 Å². The van der Waals surface area contributed by atoms with Crippen molar-refractivity contribution in [1.29, 1.82) is 0 Å². The van der Waals surface area contributed by atoms with E-state index in [1.165, 1.54) is 185 Å². The number of pyridine rings is 2. The van der Waals surface area contributed by atoms with Crippen LogP contribution in [0, 0.1) is 47.3 Å². The van der Waals surface area contributed by atoms with E-state index in [0.717, 1.165) is 97.7 Å². The van der Waals surface area contributed by atoms with Crippen LogP contribution in [0.25, 0.3) is 0 Å². The Morgan fingerprint density at radius 3 is 0.983 bits per heavy atom. The highest BCUT2D eigenvalue weighted by Gasteiger charge is 2.26. The zero-order chi connectivity index (χ0) is 41.3. The Labute approximate surface area is 365 Å². The lowest BCUT2D eigenvalue weighted by molar-refractivity contribution is 0.208. The third-order valence-electron chi connectivity index (χ3n) is 15.7. The first kappa shape index (κ1) is 47.9. The molecule has 0 N–H and O–H groups in total. The van der Waals surface area contributed by atoms with Gasteiger partial charge in [0.25, 0.3) is 0 Å². The molecule has 0 bridgehead atoms. The van der Waals surface area contributed by atoms with Crippen molar-refractivity contribution in [3.8, 4) is 11.5 Å². The lowest BCUT2D eigenvalue weighted by atomic mass is 9.74. The van der Waals surface area contributed by atoms with Gasteiger partial charge in [0, 0.05) is 11.4 Å². The number of unbranched alkanes of at least 4 members (excludes halogenated alkanes) is 1. The van der Waals surface area contributed by atoms with Crippen LogP contribution in [-0.2, 0) is 12.8 Å². The van der Waals surface area contributed by atoms with Crippen molar-refractivity contribution in [3.05, 3.63) is 48.0 Å². The summed E-state index contributed by atoms with van der Waals surface area (Å²) >= 11 is 0. The Morgan fingerprint density at radius 1 is 0.373 bits per heavy atom. The summed E-state index contributed by atoms with van der Waals surface area (Å²) in [6.45, 7) is 10.5. The van der Waals surface area contributed by atoms with E-state index in [1.54, 1.807) is 0 Å². The normalized spacial score (nSPS) is 27.4. The number of rotatable bonds is 23. The summed E-state index contributed by atoms with van der Waals surface area (Å²) in [6.07, 6.45) is 47.9. The van der Waals surface area contributed by atoms with Crippen LogP contribution in [-0.4, -0.2) is 23.2 Å². The van der Waals surface area contributed by atoms with Crippen LogP contribution in [0.2, 0.25) is 0 Å². The van der Waals surface area contributed by atoms with Gasteiger partial charge in [0.05, 0.1) is 25.6 Å². The average Bonchev–Trinajstić information content (AvgIpc) is 3.29. The number of hydrogen-bond donors (Lipinski definition) is 0. The molecule has 334 valence electrons. The van der Waals surface area contributed by atoms with Crippen molar-refractivity contribution in [3.63, 3.8) is 0 Å². The van der Waals surface area contributed by atoms with E-state index in [4.69, 9.17) is 9.47 Å². The minimum Gasteiger partial charge on any atom is -0.492 e. The van der Waals surface area contributed by atoms with Crippen molar-refractivity contribution in [2.45, 2.75) is 227 Å². The monoisotopic (exact) mass is 813 g/mol. The molecule has 4 aliphatic rings. The number of aryl methyl sites for hydroxylation is 2. The van der Waals surface area contributed by atoms with Crippen LogP contribution in [0.1, 0.15) is 225 Å². The van der Waals surface area contributed by atoms with Gasteiger partial charge in [-0.3, -0.25) is 9.97 Å². The first-order chi connectivity index (χ1) is 29.0. The van der Waals surface area contributed by atoms with Crippen LogP contribution in [0.4, 0.5) is 0 Å². The smallest absolute Gasteiger partial charge is 0.137 e. The minimum absolute atomic E-state index is 0.782. The molecule has 4 fully saturated rings. The number of ether oxygens (including phenoxy) is 2. The van der Waals surface area contributed by atoms with E-state index in [-0.39, 0.29) is 0 Å². The summed E-state index contributed by atoms with van der Waals surface area (Å²) in [7, 11) is 0. The molecule has 0 atom stereocenters. The van der Waals surface area contributed by atoms with Gasteiger partial charge in [-0.1, -0.05) is 188 Å². The van der Waals surface area contributed by atoms with Crippen LogP contribution >= 0.6 is 0 Å². The summed E-state index contributed by atoms with van der Waals surface area (Å²) in [5.74, 6) is 9.94. The highest BCUT2D eigenvalue weighted by Crippen LogP contribution is 2.40. The van der Waals surface area contributed by atoms with Gasteiger partial charge in [0.2, 0.25) is 0 Å². The number of nitrogens with zero attached hydrogens (tertiary/aromatic N) is 2. The maximum atomic E-state index is 5.64. The summed E-state index contributed by atoms with van der Waals surface area (Å²) in [5.41, 5.74) is 2.46. The molecule has 0 radical (unpaired) electrons. The highest BCUT2D eigenvalue weighted by atomic mass is 16.5. The Hall–Kier alpha value is -2.10.